The van der Waals surface area contributed by atoms with Gasteiger partial charge in [-0.2, -0.15) is 5.10 Å². The summed E-state index contributed by atoms with van der Waals surface area (Å²) in [5.74, 6) is 1.59. The molecule has 0 aliphatic rings. The average Bonchev–Trinajstić information content (AvgIpc) is 2.66. The van der Waals surface area contributed by atoms with Crippen LogP contribution in [0.1, 0.15) is 37.3 Å². The summed E-state index contributed by atoms with van der Waals surface area (Å²) in [6.07, 6.45) is 2.65. The SMILES string of the molecule is CCC(C)c1ccc(OCC(=O)N/N=C/c2ccc(OC)c(Br)c2)cc1. The normalized spacial score (nSPS) is 12.0. The van der Waals surface area contributed by atoms with E-state index >= 15 is 0 Å². The van der Waals surface area contributed by atoms with Crippen molar-refractivity contribution in [3.63, 3.8) is 0 Å². The first kappa shape index (κ1) is 20.0. The molecule has 1 N–H and O–H groups in total. The van der Waals surface area contributed by atoms with Crippen molar-refractivity contribution in [1.82, 2.24) is 5.43 Å². The van der Waals surface area contributed by atoms with Crippen LogP contribution in [0.5, 0.6) is 11.5 Å². The lowest BCUT2D eigenvalue weighted by atomic mass is 9.99. The lowest BCUT2D eigenvalue weighted by molar-refractivity contribution is -0.123. The maximum Gasteiger partial charge on any atom is 0.277 e. The van der Waals surface area contributed by atoms with Crippen LogP contribution in [0.2, 0.25) is 0 Å². The number of halogens is 1. The highest BCUT2D eigenvalue weighted by atomic mass is 79.9. The first-order valence-corrected chi connectivity index (χ1v) is 9.21. The van der Waals surface area contributed by atoms with Gasteiger partial charge in [0.15, 0.2) is 6.61 Å². The lowest BCUT2D eigenvalue weighted by Crippen LogP contribution is -2.24. The first-order valence-electron chi connectivity index (χ1n) is 8.41. The number of carbonyl (C=O) groups is 1. The second-order valence-corrected chi connectivity index (χ2v) is 6.71. The molecule has 26 heavy (non-hydrogen) atoms. The molecule has 1 atom stereocenters. The van der Waals surface area contributed by atoms with E-state index in [9.17, 15) is 4.79 Å². The smallest absolute Gasteiger partial charge is 0.277 e. The van der Waals surface area contributed by atoms with Crippen molar-refractivity contribution in [2.24, 2.45) is 5.10 Å². The number of amides is 1. The van der Waals surface area contributed by atoms with Crippen LogP contribution in [0.4, 0.5) is 0 Å². The van der Waals surface area contributed by atoms with Crippen LogP contribution in [0, 0.1) is 0 Å². The third-order valence-corrected chi connectivity index (χ3v) is 4.63. The van der Waals surface area contributed by atoms with Crippen molar-refractivity contribution >= 4 is 28.1 Å². The summed E-state index contributed by atoms with van der Waals surface area (Å²) >= 11 is 3.40. The number of hydrogen-bond donors (Lipinski definition) is 1. The zero-order chi connectivity index (χ0) is 18.9. The molecule has 2 rings (SSSR count). The monoisotopic (exact) mass is 418 g/mol. The number of methoxy groups -OCH3 is 1. The summed E-state index contributed by atoms with van der Waals surface area (Å²) in [4.78, 5) is 11.8. The number of rotatable bonds is 8. The maximum atomic E-state index is 11.8. The molecule has 0 saturated carbocycles. The minimum Gasteiger partial charge on any atom is -0.496 e. The highest BCUT2D eigenvalue weighted by Crippen LogP contribution is 2.24. The molecule has 5 nitrogen and oxygen atoms in total. The molecule has 6 heteroatoms. The Morgan fingerprint density at radius 2 is 2.00 bits per heavy atom. The van der Waals surface area contributed by atoms with Crippen molar-refractivity contribution in [2.75, 3.05) is 13.7 Å². The lowest BCUT2D eigenvalue weighted by Gasteiger charge is -2.10. The van der Waals surface area contributed by atoms with Gasteiger partial charge in [-0.3, -0.25) is 4.79 Å². The summed E-state index contributed by atoms with van der Waals surface area (Å²) in [6, 6.07) is 13.3. The summed E-state index contributed by atoms with van der Waals surface area (Å²) in [5.41, 5.74) is 4.54. The van der Waals surface area contributed by atoms with Gasteiger partial charge < -0.3 is 9.47 Å². The van der Waals surface area contributed by atoms with Gasteiger partial charge in [0.25, 0.3) is 5.91 Å². The highest BCUT2D eigenvalue weighted by Gasteiger charge is 2.05. The Morgan fingerprint density at radius 1 is 1.27 bits per heavy atom. The molecular formula is C20H23BrN2O3. The minimum absolute atomic E-state index is 0.0909. The van der Waals surface area contributed by atoms with Crippen LogP contribution in [-0.4, -0.2) is 25.8 Å². The number of nitrogens with one attached hydrogen (secondary N) is 1. The number of benzene rings is 2. The molecule has 1 amide bonds. The number of ether oxygens (including phenoxy) is 2. The van der Waals surface area contributed by atoms with Gasteiger partial charge in [0, 0.05) is 0 Å². The van der Waals surface area contributed by atoms with Crippen LogP contribution in [-0.2, 0) is 4.79 Å². The Labute approximate surface area is 162 Å². The van der Waals surface area contributed by atoms with Gasteiger partial charge in [-0.15, -0.1) is 0 Å². The summed E-state index contributed by atoms with van der Waals surface area (Å²) in [7, 11) is 1.60. The summed E-state index contributed by atoms with van der Waals surface area (Å²) in [6.45, 7) is 4.25. The van der Waals surface area contributed by atoms with Crippen molar-refractivity contribution in [3.05, 3.63) is 58.1 Å². The Bertz CT molecular complexity index is 760. The van der Waals surface area contributed by atoms with Crippen LogP contribution in [0.3, 0.4) is 0 Å². The van der Waals surface area contributed by atoms with E-state index < -0.39 is 0 Å². The van der Waals surface area contributed by atoms with Crippen LogP contribution >= 0.6 is 15.9 Å². The Kier molecular flexibility index (Phi) is 7.66. The van der Waals surface area contributed by atoms with E-state index in [2.05, 4.69) is 40.3 Å². The van der Waals surface area contributed by atoms with Crippen molar-refractivity contribution in [2.45, 2.75) is 26.2 Å². The molecule has 0 spiro atoms. The molecule has 2 aromatic carbocycles. The van der Waals surface area contributed by atoms with Gasteiger partial charge in [0.05, 0.1) is 17.8 Å². The zero-order valence-corrected chi connectivity index (χ0v) is 16.7. The van der Waals surface area contributed by atoms with E-state index in [1.807, 2.05) is 42.5 Å². The quantitative estimate of drug-likeness (QED) is 0.506. The van der Waals surface area contributed by atoms with Crippen LogP contribution < -0.4 is 14.9 Å². The van der Waals surface area contributed by atoms with Gasteiger partial charge in [-0.25, -0.2) is 5.43 Å². The van der Waals surface area contributed by atoms with E-state index in [1.54, 1.807) is 13.3 Å². The molecule has 0 aliphatic carbocycles. The molecule has 0 aliphatic heterocycles. The number of hydrazone groups is 1. The fourth-order valence-corrected chi connectivity index (χ4v) is 2.81. The predicted molar refractivity (Wildman–Crippen MR) is 107 cm³/mol. The van der Waals surface area contributed by atoms with Crippen LogP contribution in [0.25, 0.3) is 0 Å². The summed E-state index contributed by atoms with van der Waals surface area (Å²) in [5, 5.41) is 3.93. The molecular weight excluding hydrogens is 396 g/mol. The molecule has 0 radical (unpaired) electrons. The number of hydrogen-bond acceptors (Lipinski definition) is 4. The third kappa shape index (κ3) is 5.88. The number of nitrogens with zero attached hydrogens (tertiary/aromatic N) is 1. The van der Waals surface area contributed by atoms with E-state index in [1.165, 1.54) is 5.56 Å². The second kappa shape index (κ2) is 9.97. The fraction of sp³-hybridized carbons (Fsp3) is 0.300. The molecule has 0 fully saturated rings. The maximum absolute atomic E-state index is 11.8. The van der Waals surface area contributed by atoms with Gasteiger partial charge in [0.2, 0.25) is 0 Å². The standard InChI is InChI=1S/C20H23BrN2O3/c1-4-14(2)16-6-8-17(9-7-16)26-13-20(24)23-22-12-15-5-10-19(25-3)18(21)11-15/h5-12,14H,4,13H2,1-3H3,(H,23,24)/b22-12+. The second-order valence-electron chi connectivity index (χ2n) is 5.85. The molecule has 1 unspecified atom stereocenters. The first-order chi connectivity index (χ1) is 12.5. The predicted octanol–water partition coefficient (Wildman–Crippen LogP) is 4.50. The Balaban J connectivity index is 1.80. The highest BCUT2D eigenvalue weighted by molar-refractivity contribution is 9.10. The zero-order valence-electron chi connectivity index (χ0n) is 15.2. The Morgan fingerprint density at radius 3 is 2.62 bits per heavy atom. The molecule has 2 aromatic rings. The molecule has 0 bridgehead atoms. The summed E-state index contributed by atoms with van der Waals surface area (Å²) < 4.78 is 11.5. The largest absolute Gasteiger partial charge is 0.496 e. The molecule has 138 valence electrons. The topological polar surface area (TPSA) is 59.9 Å². The van der Waals surface area contributed by atoms with E-state index in [-0.39, 0.29) is 12.5 Å². The fourth-order valence-electron chi connectivity index (χ4n) is 2.25. The molecule has 0 heterocycles. The van der Waals surface area contributed by atoms with Crippen molar-refractivity contribution in [3.8, 4) is 11.5 Å². The minimum atomic E-state index is -0.320. The molecule has 0 saturated heterocycles. The van der Waals surface area contributed by atoms with E-state index in [4.69, 9.17) is 9.47 Å². The Hall–Kier alpha value is -2.34. The number of carbonyl (C=O) groups excluding carboxylic acids is 1. The van der Waals surface area contributed by atoms with Gasteiger partial charge in [0.1, 0.15) is 11.5 Å². The van der Waals surface area contributed by atoms with Gasteiger partial charge in [-0.05, 0) is 69.7 Å². The van der Waals surface area contributed by atoms with E-state index in [0.29, 0.717) is 11.7 Å². The van der Waals surface area contributed by atoms with Crippen LogP contribution in [0.15, 0.2) is 52.0 Å². The van der Waals surface area contributed by atoms with Gasteiger partial charge >= 0.3 is 0 Å². The van der Waals surface area contributed by atoms with Gasteiger partial charge in [-0.1, -0.05) is 26.0 Å². The van der Waals surface area contributed by atoms with Crippen molar-refractivity contribution in [1.29, 1.82) is 0 Å². The third-order valence-electron chi connectivity index (χ3n) is 4.01. The van der Waals surface area contributed by atoms with E-state index in [0.717, 1.165) is 22.2 Å². The average molecular weight is 419 g/mol. The van der Waals surface area contributed by atoms with Crippen molar-refractivity contribution < 1.29 is 14.3 Å². The molecule has 0 aromatic heterocycles.